The van der Waals surface area contributed by atoms with Crippen molar-refractivity contribution >= 4 is 12.0 Å². The third-order valence-electron chi connectivity index (χ3n) is 6.30. The van der Waals surface area contributed by atoms with Crippen molar-refractivity contribution in [1.82, 2.24) is 24.6 Å². The Bertz CT molecular complexity index is 1000. The fourth-order valence-corrected chi connectivity index (χ4v) is 4.44. The number of amides is 1. The molecule has 0 aromatic carbocycles. The van der Waals surface area contributed by atoms with Crippen LogP contribution in [0.4, 0.5) is 19.5 Å². The van der Waals surface area contributed by atoms with E-state index < -0.39 is 11.5 Å². The molecule has 186 valence electrons. The second kappa shape index (κ2) is 9.46. The number of hydrogen-bond donors (Lipinski definition) is 1. The Hall–Kier alpha value is -2.78. The highest BCUT2D eigenvalue weighted by Crippen LogP contribution is 2.34. The highest BCUT2D eigenvalue weighted by Gasteiger charge is 2.35. The lowest BCUT2D eigenvalue weighted by atomic mass is 9.92. The third-order valence-corrected chi connectivity index (χ3v) is 6.30. The van der Waals surface area contributed by atoms with Crippen LogP contribution in [0.15, 0.2) is 18.3 Å². The lowest BCUT2D eigenvalue weighted by molar-refractivity contribution is -0.0361. The van der Waals surface area contributed by atoms with Gasteiger partial charge in [0, 0.05) is 50.2 Å². The van der Waals surface area contributed by atoms with Crippen LogP contribution in [0.5, 0.6) is 0 Å². The van der Waals surface area contributed by atoms with Gasteiger partial charge in [-0.15, -0.1) is 0 Å². The topological polar surface area (TPSA) is 85.2 Å². The van der Waals surface area contributed by atoms with Crippen molar-refractivity contribution in [2.75, 3.05) is 18.4 Å². The molecule has 1 N–H and O–H groups in total. The number of ether oxygens (including phenoxy) is 1. The molecule has 2 fully saturated rings. The summed E-state index contributed by atoms with van der Waals surface area (Å²) in [6, 6.07) is 3.74. The second-order valence-electron chi connectivity index (χ2n) is 10.4. The normalized spacial score (nSPS) is 19.8. The maximum Gasteiger partial charge on any atom is 0.410 e. The van der Waals surface area contributed by atoms with Crippen molar-refractivity contribution in [1.29, 1.82) is 0 Å². The number of carbonyl (C=O) groups excluding carboxylic acids is 1. The molecule has 1 aliphatic heterocycles. The van der Waals surface area contributed by atoms with E-state index in [-0.39, 0.29) is 30.9 Å². The molecule has 3 heterocycles. The Balaban J connectivity index is 1.50. The summed E-state index contributed by atoms with van der Waals surface area (Å²) in [5.41, 5.74) is 1.21. The van der Waals surface area contributed by atoms with Crippen molar-refractivity contribution in [3.05, 3.63) is 29.7 Å². The van der Waals surface area contributed by atoms with E-state index in [1.54, 1.807) is 9.58 Å². The number of piperidine rings is 1. The van der Waals surface area contributed by atoms with Crippen LogP contribution in [0.3, 0.4) is 0 Å². The number of carbonyl (C=O) groups is 1. The van der Waals surface area contributed by atoms with E-state index in [9.17, 15) is 13.6 Å². The van der Waals surface area contributed by atoms with Crippen molar-refractivity contribution in [3.8, 4) is 5.82 Å². The predicted octanol–water partition coefficient (Wildman–Crippen LogP) is 5.08. The van der Waals surface area contributed by atoms with E-state index in [1.165, 1.54) is 0 Å². The van der Waals surface area contributed by atoms with Gasteiger partial charge < -0.3 is 15.0 Å². The fraction of sp³-hybridized carbons (Fsp3) is 0.667. The van der Waals surface area contributed by atoms with E-state index in [2.05, 4.69) is 15.4 Å². The number of likely N-dealkylation sites (tertiary alicyclic amines) is 1. The Morgan fingerprint density at radius 1 is 1.15 bits per heavy atom. The maximum atomic E-state index is 13.6. The number of alkyl halides is 2. The molecule has 0 atom stereocenters. The van der Waals surface area contributed by atoms with Crippen LogP contribution in [-0.4, -0.2) is 61.4 Å². The number of aryl methyl sites for hydroxylation is 1. The van der Waals surface area contributed by atoms with Crippen LogP contribution in [0, 0.1) is 6.92 Å². The predicted molar refractivity (Wildman–Crippen MR) is 124 cm³/mol. The lowest BCUT2D eigenvalue weighted by Gasteiger charge is -2.33. The minimum atomic E-state index is -2.58. The zero-order chi connectivity index (χ0) is 24.5. The number of nitrogens with one attached hydrogen (secondary N) is 1. The monoisotopic (exact) mass is 476 g/mol. The Kier molecular flexibility index (Phi) is 6.78. The van der Waals surface area contributed by atoms with Gasteiger partial charge in [0.15, 0.2) is 5.82 Å². The van der Waals surface area contributed by atoms with Crippen LogP contribution in [-0.2, 0) is 4.74 Å². The number of hydrogen-bond acceptors (Lipinski definition) is 6. The standard InChI is InChI=1S/C24H34F2N6O2/c1-16-7-14-32(30-16)20-15-19(17-8-12-31(13-9-17)22(33)34-23(2,3)4)28-21(29-20)27-18-5-10-24(25,26)11-6-18/h7,14-15,17-18H,5-6,8-13H2,1-4H3,(H,27,28,29). The summed E-state index contributed by atoms with van der Waals surface area (Å²) >= 11 is 0. The van der Waals surface area contributed by atoms with E-state index in [4.69, 9.17) is 9.72 Å². The van der Waals surface area contributed by atoms with Gasteiger partial charge in [0.2, 0.25) is 11.9 Å². The highest BCUT2D eigenvalue weighted by atomic mass is 19.3. The quantitative estimate of drug-likeness (QED) is 0.663. The van der Waals surface area contributed by atoms with E-state index in [0.29, 0.717) is 37.7 Å². The Morgan fingerprint density at radius 2 is 1.82 bits per heavy atom. The number of rotatable bonds is 4. The summed E-state index contributed by atoms with van der Waals surface area (Å²) in [6.45, 7) is 8.66. The van der Waals surface area contributed by atoms with Gasteiger partial charge >= 0.3 is 6.09 Å². The average Bonchev–Trinajstić information content (AvgIpc) is 3.20. The molecule has 10 heteroatoms. The molecular formula is C24H34F2N6O2. The van der Waals surface area contributed by atoms with Crippen LogP contribution in [0.25, 0.3) is 5.82 Å². The highest BCUT2D eigenvalue weighted by molar-refractivity contribution is 5.68. The van der Waals surface area contributed by atoms with Gasteiger partial charge in [-0.05, 0) is 59.4 Å². The van der Waals surface area contributed by atoms with Crippen molar-refractivity contribution in [3.63, 3.8) is 0 Å². The summed E-state index contributed by atoms with van der Waals surface area (Å²) in [5.74, 6) is -1.36. The van der Waals surface area contributed by atoms with Crippen LogP contribution < -0.4 is 5.32 Å². The summed E-state index contributed by atoms with van der Waals surface area (Å²) in [7, 11) is 0. The minimum absolute atomic E-state index is 0.0869. The number of halogens is 2. The van der Waals surface area contributed by atoms with Crippen LogP contribution in [0.1, 0.15) is 76.6 Å². The second-order valence-corrected chi connectivity index (χ2v) is 10.4. The first-order valence-electron chi connectivity index (χ1n) is 12.0. The Morgan fingerprint density at radius 3 is 2.41 bits per heavy atom. The number of nitrogens with zero attached hydrogens (tertiary/aromatic N) is 5. The SMILES string of the molecule is Cc1ccn(-c2cc(C3CCN(C(=O)OC(C)(C)C)CC3)nc(NC3CCC(F)(F)CC3)n2)n1. The molecule has 0 bridgehead atoms. The van der Waals surface area contributed by atoms with Crippen LogP contribution in [0.2, 0.25) is 0 Å². The molecular weight excluding hydrogens is 442 g/mol. The van der Waals surface area contributed by atoms with Crippen molar-refractivity contribution in [2.24, 2.45) is 0 Å². The maximum absolute atomic E-state index is 13.6. The lowest BCUT2D eigenvalue weighted by Crippen LogP contribution is -2.41. The van der Waals surface area contributed by atoms with Gasteiger partial charge in [0.05, 0.1) is 11.4 Å². The molecule has 4 rings (SSSR count). The number of aromatic nitrogens is 4. The molecule has 0 radical (unpaired) electrons. The first-order valence-corrected chi connectivity index (χ1v) is 12.0. The first-order chi connectivity index (χ1) is 16.0. The molecule has 1 saturated heterocycles. The van der Waals surface area contributed by atoms with Gasteiger partial charge in [0.25, 0.3) is 0 Å². The first kappa shape index (κ1) is 24.3. The molecule has 1 amide bonds. The van der Waals surface area contributed by atoms with E-state index in [1.807, 2.05) is 46.0 Å². The van der Waals surface area contributed by atoms with E-state index in [0.717, 1.165) is 24.2 Å². The zero-order valence-corrected chi connectivity index (χ0v) is 20.4. The number of anilines is 1. The van der Waals surface area contributed by atoms with Crippen LogP contribution >= 0.6 is 0 Å². The molecule has 2 aromatic heterocycles. The molecule has 34 heavy (non-hydrogen) atoms. The molecule has 1 aliphatic carbocycles. The summed E-state index contributed by atoms with van der Waals surface area (Å²) in [6.07, 6.45) is 3.56. The smallest absolute Gasteiger partial charge is 0.410 e. The molecule has 8 nitrogen and oxygen atoms in total. The van der Waals surface area contributed by atoms with Gasteiger partial charge in [-0.1, -0.05) is 0 Å². The van der Waals surface area contributed by atoms with Gasteiger partial charge in [-0.25, -0.2) is 23.2 Å². The summed E-state index contributed by atoms with van der Waals surface area (Å²) < 4.78 is 34.4. The fourth-order valence-electron chi connectivity index (χ4n) is 4.44. The zero-order valence-electron chi connectivity index (χ0n) is 20.4. The van der Waals surface area contributed by atoms with Gasteiger partial charge in [-0.2, -0.15) is 10.1 Å². The van der Waals surface area contributed by atoms with Gasteiger partial charge in [0.1, 0.15) is 5.60 Å². The summed E-state index contributed by atoms with van der Waals surface area (Å²) in [5, 5.41) is 7.76. The van der Waals surface area contributed by atoms with Gasteiger partial charge in [-0.3, -0.25) is 0 Å². The van der Waals surface area contributed by atoms with Crippen molar-refractivity contribution in [2.45, 2.75) is 89.7 Å². The molecule has 2 aromatic rings. The minimum Gasteiger partial charge on any atom is -0.444 e. The molecule has 0 spiro atoms. The van der Waals surface area contributed by atoms with Crippen molar-refractivity contribution < 1.29 is 18.3 Å². The third kappa shape index (κ3) is 6.21. The molecule has 1 saturated carbocycles. The average molecular weight is 477 g/mol. The largest absolute Gasteiger partial charge is 0.444 e. The summed E-state index contributed by atoms with van der Waals surface area (Å²) in [4.78, 5) is 23.6. The molecule has 0 unspecified atom stereocenters. The molecule has 2 aliphatic rings. The Labute approximate surface area is 199 Å². The van der Waals surface area contributed by atoms with E-state index >= 15 is 0 Å².